The summed E-state index contributed by atoms with van der Waals surface area (Å²) in [4.78, 5) is 22.9. The number of alkyl halides is 4. The molecule has 0 saturated carbocycles. The second-order valence-corrected chi connectivity index (χ2v) is 6.49. The molecule has 0 saturated heterocycles. The van der Waals surface area contributed by atoms with Crippen molar-refractivity contribution in [2.24, 2.45) is 0 Å². The molecule has 0 fully saturated rings. The van der Waals surface area contributed by atoms with E-state index in [2.05, 4.69) is 20.7 Å². The molecule has 8 heteroatoms. The zero-order valence-corrected chi connectivity index (χ0v) is 12.0. The molecule has 1 aromatic rings. The molecule has 0 N–H and O–H groups in total. The van der Waals surface area contributed by atoms with Gasteiger partial charge >= 0.3 is 12.1 Å². The molecule has 1 unspecified atom stereocenters. The highest BCUT2D eigenvalue weighted by Gasteiger charge is 2.49. The number of halogens is 4. The van der Waals surface area contributed by atoms with Crippen molar-refractivity contribution in [3.63, 3.8) is 0 Å². The Morgan fingerprint density at radius 2 is 2.16 bits per heavy atom. The molecule has 0 spiro atoms. The summed E-state index contributed by atoms with van der Waals surface area (Å²) in [6, 6.07) is 0.974. The van der Waals surface area contributed by atoms with E-state index in [4.69, 9.17) is 0 Å². The van der Waals surface area contributed by atoms with Crippen LogP contribution < -0.4 is 0 Å². The fraction of sp³-hybridized carbons (Fsp3) is 0.455. The summed E-state index contributed by atoms with van der Waals surface area (Å²) >= 11 is 3.39. The summed E-state index contributed by atoms with van der Waals surface area (Å²) in [6.07, 6.45) is -4.18. The number of methoxy groups -OCH3 is 1. The van der Waals surface area contributed by atoms with Gasteiger partial charge in [-0.25, -0.2) is 0 Å². The lowest BCUT2D eigenvalue weighted by atomic mass is 9.87. The van der Waals surface area contributed by atoms with Crippen molar-refractivity contribution in [2.75, 3.05) is 7.11 Å². The minimum atomic E-state index is -4.48. The van der Waals surface area contributed by atoms with Crippen LogP contribution >= 0.6 is 27.3 Å². The van der Waals surface area contributed by atoms with Crippen LogP contribution in [0, 0.1) is 0 Å². The third-order valence-electron chi connectivity index (χ3n) is 2.90. The number of ketones is 1. The molecule has 1 aromatic heterocycles. The number of fused-ring (bicyclic) bond motifs is 1. The van der Waals surface area contributed by atoms with Gasteiger partial charge in [-0.15, -0.1) is 11.3 Å². The van der Waals surface area contributed by atoms with Crippen LogP contribution in [0.25, 0.3) is 0 Å². The summed E-state index contributed by atoms with van der Waals surface area (Å²) in [5, 5.41) is 0. The number of hydrogen-bond donors (Lipinski definition) is 0. The maximum absolute atomic E-state index is 12.6. The van der Waals surface area contributed by atoms with Gasteiger partial charge in [0.2, 0.25) is 5.78 Å². The summed E-state index contributed by atoms with van der Waals surface area (Å²) in [7, 11) is 1.13. The van der Waals surface area contributed by atoms with E-state index in [1.165, 1.54) is 0 Å². The van der Waals surface area contributed by atoms with E-state index in [1.54, 1.807) is 0 Å². The normalized spacial score (nSPS) is 23.1. The van der Waals surface area contributed by atoms with Crippen LogP contribution in [0.15, 0.2) is 6.07 Å². The molecule has 0 radical (unpaired) electrons. The van der Waals surface area contributed by atoms with Crippen molar-refractivity contribution in [3.05, 3.63) is 21.4 Å². The number of thiophene rings is 1. The van der Waals surface area contributed by atoms with Crippen molar-refractivity contribution in [3.8, 4) is 0 Å². The molecule has 0 amide bonds. The van der Waals surface area contributed by atoms with Crippen LogP contribution in [0.1, 0.15) is 26.5 Å². The second kappa shape index (κ2) is 4.59. The van der Waals surface area contributed by atoms with E-state index < -0.39 is 27.1 Å². The Morgan fingerprint density at radius 3 is 2.68 bits per heavy atom. The fourth-order valence-corrected chi connectivity index (χ4v) is 3.69. The van der Waals surface area contributed by atoms with Crippen molar-refractivity contribution in [1.29, 1.82) is 0 Å². The number of rotatable bonds is 1. The van der Waals surface area contributed by atoms with Crippen molar-refractivity contribution in [2.45, 2.75) is 23.3 Å². The van der Waals surface area contributed by atoms with Gasteiger partial charge in [0.15, 0.2) is 4.32 Å². The Morgan fingerprint density at radius 1 is 1.53 bits per heavy atom. The first-order chi connectivity index (χ1) is 8.70. The molecule has 1 aliphatic carbocycles. The molecule has 1 aliphatic rings. The van der Waals surface area contributed by atoms with E-state index in [0.29, 0.717) is 16.9 Å². The smallest absolute Gasteiger partial charge is 0.425 e. The van der Waals surface area contributed by atoms with Gasteiger partial charge < -0.3 is 4.74 Å². The van der Waals surface area contributed by atoms with Crippen LogP contribution in [-0.2, 0) is 22.1 Å². The van der Waals surface area contributed by atoms with E-state index in [-0.39, 0.29) is 17.7 Å². The van der Waals surface area contributed by atoms with E-state index in [0.717, 1.165) is 13.2 Å². The molecule has 19 heavy (non-hydrogen) atoms. The van der Waals surface area contributed by atoms with Crippen LogP contribution in [0.5, 0.6) is 0 Å². The molecule has 1 heterocycles. The number of aryl methyl sites for hydroxylation is 1. The quantitative estimate of drug-likeness (QED) is 0.441. The predicted molar refractivity (Wildman–Crippen MR) is 65.6 cm³/mol. The second-order valence-electron chi connectivity index (χ2n) is 4.08. The number of esters is 1. The predicted octanol–water partition coefficient (Wildman–Crippen LogP) is 3.20. The highest BCUT2D eigenvalue weighted by Crippen LogP contribution is 2.43. The Labute approximate surface area is 118 Å². The van der Waals surface area contributed by atoms with Gasteiger partial charge in [0.1, 0.15) is 4.88 Å². The third kappa shape index (κ3) is 2.31. The lowest BCUT2D eigenvalue weighted by Crippen LogP contribution is -2.44. The molecule has 0 aliphatic heterocycles. The zero-order chi connectivity index (χ0) is 14.4. The molecule has 0 aromatic carbocycles. The highest BCUT2D eigenvalue weighted by molar-refractivity contribution is 9.10. The Kier molecular flexibility index (Phi) is 3.51. The molecular formula is C11H8BrF3O3S. The number of Topliss-reactive ketones (excluding diaryl/α,β-unsaturated/α-hetero) is 1. The summed E-state index contributed by atoms with van der Waals surface area (Å²) in [6.45, 7) is 0. The van der Waals surface area contributed by atoms with Gasteiger partial charge in [0.05, 0.1) is 12.0 Å². The topological polar surface area (TPSA) is 43.4 Å². The SMILES string of the molecule is COC(=O)C1(Br)CCc2cc(C(F)(F)F)sc2C1=O. The van der Waals surface area contributed by atoms with Crippen molar-refractivity contribution < 1.29 is 27.5 Å². The first kappa shape index (κ1) is 14.5. The highest BCUT2D eigenvalue weighted by atomic mass is 79.9. The van der Waals surface area contributed by atoms with Gasteiger partial charge in [-0.1, -0.05) is 15.9 Å². The Balaban J connectivity index is 2.45. The zero-order valence-electron chi connectivity index (χ0n) is 9.64. The first-order valence-electron chi connectivity index (χ1n) is 5.22. The van der Waals surface area contributed by atoms with E-state index in [9.17, 15) is 22.8 Å². The maximum Gasteiger partial charge on any atom is 0.425 e. The van der Waals surface area contributed by atoms with Crippen LogP contribution in [0.2, 0.25) is 0 Å². The largest absolute Gasteiger partial charge is 0.468 e. The average molecular weight is 357 g/mol. The lowest BCUT2D eigenvalue weighted by Gasteiger charge is -2.26. The lowest BCUT2D eigenvalue weighted by molar-refractivity contribution is -0.142. The summed E-state index contributed by atoms with van der Waals surface area (Å²) < 4.78 is 40.8. The molecule has 3 nitrogen and oxygen atoms in total. The first-order valence-corrected chi connectivity index (χ1v) is 6.83. The standard InChI is InChI=1S/C11H8BrF3O3S/c1-18-9(17)10(12)3-2-5-4-6(11(13,14)15)19-7(5)8(10)16/h4H,2-3H2,1H3. The Hall–Kier alpha value is -0.890. The summed E-state index contributed by atoms with van der Waals surface area (Å²) in [5.74, 6) is -1.45. The van der Waals surface area contributed by atoms with E-state index >= 15 is 0 Å². The average Bonchev–Trinajstić information content (AvgIpc) is 2.77. The monoisotopic (exact) mass is 356 g/mol. The van der Waals surface area contributed by atoms with Crippen LogP contribution in [0.4, 0.5) is 13.2 Å². The van der Waals surface area contributed by atoms with Gasteiger partial charge in [-0.05, 0) is 24.5 Å². The molecular weight excluding hydrogens is 349 g/mol. The fourth-order valence-electron chi connectivity index (χ4n) is 1.90. The van der Waals surface area contributed by atoms with Gasteiger partial charge in [-0.3, -0.25) is 9.59 Å². The molecule has 104 valence electrons. The molecule has 0 bridgehead atoms. The number of ether oxygens (including phenoxy) is 1. The summed E-state index contributed by atoms with van der Waals surface area (Å²) in [5.41, 5.74) is 0.335. The number of carbonyl (C=O) groups is 2. The van der Waals surface area contributed by atoms with Crippen molar-refractivity contribution in [1.82, 2.24) is 0 Å². The number of hydrogen-bond acceptors (Lipinski definition) is 4. The maximum atomic E-state index is 12.6. The molecule has 2 rings (SSSR count). The van der Waals surface area contributed by atoms with Crippen LogP contribution in [0.3, 0.4) is 0 Å². The Bertz CT molecular complexity index is 552. The minimum Gasteiger partial charge on any atom is -0.468 e. The van der Waals surface area contributed by atoms with Gasteiger partial charge in [0, 0.05) is 0 Å². The number of carbonyl (C=O) groups excluding carboxylic acids is 2. The van der Waals surface area contributed by atoms with Crippen molar-refractivity contribution >= 4 is 39.0 Å². The van der Waals surface area contributed by atoms with E-state index in [1.807, 2.05) is 0 Å². The van der Waals surface area contributed by atoms with Crippen LogP contribution in [-0.4, -0.2) is 23.2 Å². The third-order valence-corrected chi connectivity index (χ3v) is 5.20. The molecule has 1 atom stereocenters. The van der Waals surface area contributed by atoms with Gasteiger partial charge in [-0.2, -0.15) is 13.2 Å². The minimum absolute atomic E-state index is 0.0270. The van der Waals surface area contributed by atoms with Gasteiger partial charge in [0.25, 0.3) is 0 Å².